The number of Topliss-reactive ketones (excluding diaryl/α,β-unsaturated/α-hetero) is 1. The van der Waals surface area contributed by atoms with Gasteiger partial charge < -0.3 is 5.11 Å². The highest BCUT2D eigenvalue weighted by Gasteiger charge is 2.48. The highest BCUT2D eigenvalue weighted by molar-refractivity contribution is 7.16. The number of ketones is 1. The maximum atomic E-state index is 12.9. The van der Waals surface area contributed by atoms with E-state index in [1.54, 1.807) is 12.1 Å². The molecule has 3 heterocycles. The van der Waals surface area contributed by atoms with E-state index in [-0.39, 0.29) is 11.3 Å². The zero-order valence-electron chi connectivity index (χ0n) is 15.6. The fourth-order valence-electron chi connectivity index (χ4n) is 3.17. The third kappa shape index (κ3) is 2.96. The number of nitrogens with zero attached hydrogens (tertiary/aromatic N) is 2. The summed E-state index contributed by atoms with van der Waals surface area (Å²) in [5.41, 5.74) is 2.48. The van der Waals surface area contributed by atoms with Crippen LogP contribution in [0.25, 0.3) is 5.76 Å². The molecule has 1 N–H and O–H groups in total. The van der Waals surface area contributed by atoms with Crippen LogP contribution in [0.15, 0.2) is 47.4 Å². The Morgan fingerprint density at radius 2 is 1.82 bits per heavy atom. The molecule has 7 heteroatoms. The maximum absolute atomic E-state index is 12.9. The lowest BCUT2D eigenvalue weighted by Crippen LogP contribution is -2.29. The van der Waals surface area contributed by atoms with Crippen LogP contribution in [-0.2, 0) is 9.59 Å². The summed E-state index contributed by atoms with van der Waals surface area (Å²) in [6.07, 6.45) is 0. The number of thiazole rings is 1. The van der Waals surface area contributed by atoms with Crippen molar-refractivity contribution >= 4 is 45.3 Å². The predicted octanol–water partition coefficient (Wildman–Crippen LogP) is 4.76. The molecular weight excluding hydrogens is 392 g/mol. The van der Waals surface area contributed by atoms with Gasteiger partial charge >= 0.3 is 5.91 Å². The summed E-state index contributed by atoms with van der Waals surface area (Å²) in [5.74, 6) is -1.52. The predicted molar refractivity (Wildman–Crippen MR) is 112 cm³/mol. The number of hydrogen-bond acceptors (Lipinski definition) is 6. The van der Waals surface area contributed by atoms with Gasteiger partial charge in [-0.2, -0.15) is 0 Å². The molecule has 3 aromatic rings. The molecule has 0 bridgehead atoms. The van der Waals surface area contributed by atoms with Crippen LogP contribution in [0, 0.1) is 20.8 Å². The second-order valence-corrected chi connectivity index (χ2v) is 8.85. The number of amides is 1. The van der Waals surface area contributed by atoms with Crippen molar-refractivity contribution in [3.8, 4) is 0 Å². The third-order valence-electron chi connectivity index (χ3n) is 4.81. The average molecular weight is 411 g/mol. The SMILES string of the molecule is Cc1ccc(/C(O)=C2\C(=O)C(=O)N(c3nc(C)c(C)s3)[C@@H]2c2cccs2)cc1. The Hall–Kier alpha value is -2.77. The van der Waals surface area contributed by atoms with Crippen molar-refractivity contribution in [1.29, 1.82) is 0 Å². The molecular formula is C21H18N2O3S2. The second kappa shape index (κ2) is 7.00. The van der Waals surface area contributed by atoms with Gasteiger partial charge in [0.15, 0.2) is 5.13 Å². The van der Waals surface area contributed by atoms with Crippen LogP contribution in [0.4, 0.5) is 5.13 Å². The van der Waals surface area contributed by atoms with Gasteiger partial charge in [-0.15, -0.1) is 22.7 Å². The molecule has 142 valence electrons. The van der Waals surface area contributed by atoms with Crippen molar-refractivity contribution in [3.05, 3.63) is 73.9 Å². The summed E-state index contributed by atoms with van der Waals surface area (Å²) in [7, 11) is 0. The third-order valence-corrected chi connectivity index (χ3v) is 6.80. The molecule has 0 unspecified atom stereocenters. The normalized spacial score (nSPS) is 18.8. The fourth-order valence-corrected chi connectivity index (χ4v) is 4.93. The van der Waals surface area contributed by atoms with E-state index in [4.69, 9.17) is 0 Å². The van der Waals surface area contributed by atoms with Crippen LogP contribution in [0.5, 0.6) is 0 Å². The molecule has 1 saturated heterocycles. The van der Waals surface area contributed by atoms with Crippen LogP contribution < -0.4 is 4.90 Å². The number of carbonyl (C=O) groups excluding carboxylic acids is 2. The van der Waals surface area contributed by atoms with E-state index in [0.29, 0.717) is 10.7 Å². The van der Waals surface area contributed by atoms with Crippen LogP contribution in [-0.4, -0.2) is 21.8 Å². The first-order valence-corrected chi connectivity index (χ1v) is 10.4. The molecule has 5 nitrogen and oxygen atoms in total. The van der Waals surface area contributed by atoms with Gasteiger partial charge in [0.2, 0.25) is 0 Å². The van der Waals surface area contributed by atoms with Gasteiger partial charge in [-0.25, -0.2) is 4.98 Å². The number of rotatable bonds is 3. The Labute approximate surface area is 170 Å². The smallest absolute Gasteiger partial charge is 0.301 e. The van der Waals surface area contributed by atoms with E-state index in [9.17, 15) is 14.7 Å². The van der Waals surface area contributed by atoms with Gasteiger partial charge in [-0.05, 0) is 32.2 Å². The Kier molecular flexibility index (Phi) is 4.64. The molecule has 28 heavy (non-hydrogen) atoms. The van der Waals surface area contributed by atoms with Gasteiger partial charge in [0.25, 0.3) is 5.78 Å². The number of aryl methyl sites for hydroxylation is 3. The number of benzene rings is 1. The van der Waals surface area contributed by atoms with Crippen molar-refractivity contribution in [3.63, 3.8) is 0 Å². The van der Waals surface area contributed by atoms with Crippen molar-refractivity contribution in [2.24, 2.45) is 0 Å². The molecule has 1 aliphatic heterocycles. The first kappa shape index (κ1) is 18.6. The number of hydrogen-bond donors (Lipinski definition) is 1. The molecule has 2 aromatic heterocycles. The number of carbonyl (C=O) groups is 2. The number of aliphatic hydroxyl groups excluding tert-OH is 1. The second-order valence-electron chi connectivity index (χ2n) is 6.69. The van der Waals surface area contributed by atoms with E-state index < -0.39 is 17.7 Å². The summed E-state index contributed by atoms with van der Waals surface area (Å²) >= 11 is 2.81. The molecule has 1 aliphatic rings. The average Bonchev–Trinajstić information content (AvgIpc) is 3.36. The van der Waals surface area contributed by atoms with E-state index in [0.717, 1.165) is 21.0 Å². The van der Waals surface area contributed by atoms with Crippen LogP contribution >= 0.6 is 22.7 Å². The zero-order valence-corrected chi connectivity index (χ0v) is 17.2. The fraction of sp³-hybridized carbons (Fsp3) is 0.190. The molecule has 0 spiro atoms. The van der Waals surface area contributed by atoms with E-state index in [1.165, 1.54) is 27.6 Å². The first-order valence-electron chi connectivity index (χ1n) is 8.74. The Bertz CT molecular complexity index is 1080. The largest absolute Gasteiger partial charge is 0.507 e. The van der Waals surface area contributed by atoms with Gasteiger partial charge in [0.1, 0.15) is 11.8 Å². The molecule has 1 amide bonds. The monoisotopic (exact) mass is 410 g/mol. The van der Waals surface area contributed by atoms with Crippen molar-refractivity contribution < 1.29 is 14.7 Å². The summed E-state index contributed by atoms with van der Waals surface area (Å²) in [6, 6.07) is 10.3. The molecule has 1 fully saturated rings. The summed E-state index contributed by atoms with van der Waals surface area (Å²) < 4.78 is 0. The van der Waals surface area contributed by atoms with Gasteiger partial charge in [-0.1, -0.05) is 35.9 Å². The molecule has 0 saturated carbocycles. The lowest BCUT2D eigenvalue weighted by Gasteiger charge is -2.21. The number of aliphatic hydroxyl groups is 1. The molecule has 1 aromatic carbocycles. The summed E-state index contributed by atoms with van der Waals surface area (Å²) in [4.78, 5) is 33.6. The summed E-state index contributed by atoms with van der Waals surface area (Å²) in [6.45, 7) is 5.75. The van der Waals surface area contributed by atoms with Gasteiger partial charge in [0.05, 0.1) is 11.3 Å². The first-order chi connectivity index (χ1) is 13.4. The minimum Gasteiger partial charge on any atom is -0.507 e. The number of aromatic nitrogens is 1. The standard InChI is InChI=1S/C21H18N2O3S2/c1-11-6-8-14(9-7-11)18(24)16-17(15-5-4-10-27-15)23(20(26)19(16)25)21-22-12(2)13(3)28-21/h4-10,17,24H,1-3H3/b18-16+/t17-/m1/s1. The van der Waals surface area contributed by atoms with Crippen LogP contribution in [0.2, 0.25) is 0 Å². The molecule has 0 radical (unpaired) electrons. The van der Waals surface area contributed by atoms with Gasteiger partial charge in [0, 0.05) is 15.3 Å². The topological polar surface area (TPSA) is 70.5 Å². The quantitative estimate of drug-likeness (QED) is 0.384. The lowest BCUT2D eigenvalue weighted by atomic mass is 9.99. The maximum Gasteiger partial charge on any atom is 0.301 e. The Balaban J connectivity index is 1.92. The number of thiophene rings is 1. The van der Waals surface area contributed by atoms with E-state index >= 15 is 0 Å². The highest BCUT2D eigenvalue weighted by Crippen LogP contribution is 2.44. The van der Waals surface area contributed by atoms with Crippen molar-refractivity contribution in [2.45, 2.75) is 26.8 Å². The van der Waals surface area contributed by atoms with E-state index in [2.05, 4.69) is 4.98 Å². The van der Waals surface area contributed by atoms with E-state index in [1.807, 2.05) is 50.4 Å². The zero-order chi connectivity index (χ0) is 20.0. The molecule has 1 atom stereocenters. The minimum atomic E-state index is -0.693. The van der Waals surface area contributed by atoms with Crippen molar-refractivity contribution in [1.82, 2.24) is 4.98 Å². The van der Waals surface area contributed by atoms with Crippen molar-refractivity contribution in [2.75, 3.05) is 4.90 Å². The molecule has 4 rings (SSSR count). The highest BCUT2D eigenvalue weighted by atomic mass is 32.1. The van der Waals surface area contributed by atoms with Crippen LogP contribution in [0.1, 0.15) is 32.6 Å². The Morgan fingerprint density at radius 3 is 2.39 bits per heavy atom. The number of anilines is 1. The van der Waals surface area contributed by atoms with Crippen LogP contribution in [0.3, 0.4) is 0 Å². The molecule has 0 aliphatic carbocycles. The minimum absolute atomic E-state index is 0.0989. The summed E-state index contributed by atoms with van der Waals surface area (Å²) in [5, 5.41) is 13.3. The van der Waals surface area contributed by atoms with Gasteiger partial charge in [-0.3, -0.25) is 14.5 Å². The lowest BCUT2D eigenvalue weighted by molar-refractivity contribution is -0.132. The Morgan fingerprint density at radius 1 is 1.11 bits per heavy atom.